The lowest BCUT2D eigenvalue weighted by Gasteiger charge is -2.09. The lowest BCUT2D eigenvalue weighted by atomic mass is 10.1. The number of amides is 1. The summed E-state index contributed by atoms with van der Waals surface area (Å²) >= 11 is 3.30. The zero-order chi connectivity index (χ0) is 22.8. The molecule has 0 aliphatic carbocycles. The van der Waals surface area contributed by atoms with Gasteiger partial charge in [-0.25, -0.2) is 4.98 Å². The molecule has 0 radical (unpaired) electrons. The van der Waals surface area contributed by atoms with E-state index in [-0.39, 0.29) is 18.9 Å². The van der Waals surface area contributed by atoms with Gasteiger partial charge in [0.2, 0.25) is 0 Å². The van der Waals surface area contributed by atoms with Gasteiger partial charge in [-0.15, -0.1) is 23.2 Å². The van der Waals surface area contributed by atoms with Gasteiger partial charge in [0.15, 0.2) is 4.34 Å². The summed E-state index contributed by atoms with van der Waals surface area (Å²) in [6.45, 7) is 4.15. The third-order valence-corrected chi connectivity index (χ3v) is 6.49. The van der Waals surface area contributed by atoms with Gasteiger partial charge in [0.25, 0.3) is 5.91 Å². The molecule has 0 atom stereocenters. The van der Waals surface area contributed by atoms with Crippen LogP contribution in [0.5, 0.6) is 0 Å². The van der Waals surface area contributed by atoms with Crippen molar-refractivity contribution in [2.45, 2.75) is 43.9 Å². The van der Waals surface area contributed by atoms with E-state index in [1.54, 1.807) is 48.4 Å². The number of anilines is 1. The normalized spacial score (nSPS) is 10.4. The number of hydrogen-bond acceptors (Lipinski definition) is 7. The highest BCUT2D eigenvalue weighted by Gasteiger charge is 2.16. The molecule has 6 nitrogen and oxygen atoms in total. The second kappa shape index (κ2) is 12.2. The molecule has 0 unspecified atom stereocenters. The number of thioether (sulfide) groups is 1. The molecule has 0 saturated carbocycles. The average Bonchev–Trinajstić information content (AvgIpc) is 3.18. The summed E-state index contributed by atoms with van der Waals surface area (Å²) in [5.41, 5.74) is 2.31. The number of rotatable bonds is 9. The van der Waals surface area contributed by atoms with Gasteiger partial charge in [-0.1, -0.05) is 18.7 Å². The first-order chi connectivity index (χ1) is 15.6. The van der Waals surface area contributed by atoms with Crippen molar-refractivity contribution in [2.75, 3.05) is 17.7 Å². The number of hydrogen-bond donors (Lipinski definition) is 1. The van der Waals surface area contributed by atoms with Crippen molar-refractivity contribution in [3.05, 3.63) is 47.8 Å². The maximum absolute atomic E-state index is 12.8. The van der Waals surface area contributed by atoms with Gasteiger partial charge in [0, 0.05) is 30.5 Å². The Hall–Kier alpha value is -2.89. The summed E-state index contributed by atoms with van der Waals surface area (Å²) in [4.78, 5) is 33.5. The molecule has 0 spiro atoms. The van der Waals surface area contributed by atoms with Crippen molar-refractivity contribution >= 4 is 50.9 Å². The number of pyridine rings is 1. The summed E-state index contributed by atoms with van der Waals surface area (Å²) in [6, 6.07) is 8.96. The SMILES string of the molecule is CCCC#CCCSc1nc2ccc(NC(=O)c3cccnc3CC(=O)OCC)cc2s1. The quantitative estimate of drug-likeness (QED) is 0.198. The van der Waals surface area contributed by atoms with Gasteiger partial charge < -0.3 is 10.1 Å². The smallest absolute Gasteiger partial charge is 0.311 e. The Morgan fingerprint density at radius 2 is 2.03 bits per heavy atom. The zero-order valence-corrected chi connectivity index (χ0v) is 19.8. The van der Waals surface area contributed by atoms with Gasteiger partial charge in [0.1, 0.15) is 0 Å². The van der Waals surface area contributed by atoms with Crippen LogP contribution in [0.2, 0.25) is 0 Å². The summed E-state index contributed by atoms with van der Waals surface area (Å²) in [7, 11) is 0. The van der Waals surface area contributed by atoms with Crippen molar-refractivity contribution < 1.29 is 14.3 Å². The zero-order valence-electron chi connectivity index (χ0n) is 18.1. The molecule has 2 aromatic heterocycles. The minimum absolute atomic E-state index is 0.0469. The Labute approximate surface area is 196 Å². The van der Waals surface area contributed by atoms with Gasteiger partial charge in [-0.2, -0.15) is 0 Å². The fourth-order valence-electron chi connectivity index (χ4n) is 2.87. The first-order valence-corrected chi connectivity index (χ1v) is 12.3. The van der Waals surface area contributed by atoms with Crippen molar-refractivity contribution in [3.8, 4) is 11.8 Å². The number of unbranched alkanes of at least 4 members (excludes halogenated alkanes) is 1. The highest BCUT2D eigenvalue weighted by atomic mass is 32.2. The summed E-state index contributed by atoms with van der Waals surface area (Å²) in [5, 5.41) is 2.90. The molecule has 1 aromatic carbocycles. The molecule has 166 valence electrons. The van der Waals surface area contributed by atoms with Crippen LogP contribution in [0.1, 0.15) is 49.2 Å². The second-order valence-electron chi connectivity index (χ2n) is 6.80. The molecule has 2 heterocycles. The van der Waals surface area contributed by atoms with Crippen molar-refractivity contribution in [2.24, 2.45) is 0 Å². The highest BCUT2D eigenvalue weighted by Crippen LogP contribution is 2.31. The summed E-state index contributed by atoms with van der Waals surface area (Å²) < 4.78 is 6.97. The minimum Gasteiger partial charge on any atom is -0.466 e. The van der Waals surface area contributed by atoms with Crippen LogP contribution in [0.15, 0.2) is 40.9 Å². The van der Waals surface area contributed by atoms with E-state index in [1.165, 1.54) is 0 Å². The maximum Gasteiger partial charge on any atom is 0.311 e. The van der Waals surface area contributed by atoms with Crippen LogP contribution in [0.25, 0.3) is 10.2 Å². The Morgan fingerprint density at radius 3 is 2.84 bits per heavy atom. The van der Waals surface area contributed by atoms with Gasteiger partial charge in [-0.3, -0.25) is 14.6 Å². The number of carbonyl (C=O) groups is 2. The number of aromatic nitrogens is 2. The Balaban J connectivity index is 1.66. The van der Waals surface area contributed by atoms with Crippen LogP contribution in [0.3, 0.4) is 0 Å². The lowest BCUT2D eigenvalue weighted by Crippen LogP contribution is -2.18. The van der Waals surface area contributed by atoms with Crippen molar-refractivity contribution in [1.82, 2.24) is 9.97 Å². The van der Waals surface area contributed by atoms with Crippen molar-refractivity contribution in [1.29, 1.82) is 0 Å². The Bertz CT molecular complexity index is 1150. The number of nitrogens with zero attached hydrogens (tertiary/aromatic N) is 2. The fraction of sp³-hybridized carbons (Fsp3) is 0.333. The van der Waals surface area contributed by atoms with Gasteiger partial charge >= 0.3 is 5.97 Å². The summed E-state index contributed by atoms with van der Waals surface area (Å²) in [5.74, 6) is 6.52. The summed E-state index contributed by atoms with van der Waals surface area (Å²) in [6.07, 6.45) is 4.40. The average molecular weight is 468 g/mol. The van der Waals surface area contributed by atoms with E-state index in [2.05, 4.69) is 34.0 Å². The van der Waals surface area contributed by atoms with Crippen LogP contribution < -0.4 is 5.32 Å². The number of carbonyl (C=O) groups excluding carboxylic acids is 2. The lowest BCUT2D eigenvalue weighted by molar-refractivity contribution is -0.142. The standard InChI is InChI=1S/C24H25N3O3S2/c1-3-5-6-7-8-14-31-24-27-19-12-11-17(15-21(19)32-24)26-23(29)18-10-9-13-25-20(18)16-22(28)30-4-2/h9-13,15H,3-5,8,14,16H2,1-2H3,(H,26,29). The maximum atomic E-state index is 12.8. The third kappa shape index (κ3) is 6.81. The first kappa shape index (κ1) is 23.8. The number of thiazole rings is 1. The number of fused-ring (bicyclic) bond motifs is 1. The second-order valence-corrected chi connectivity index (χ2v) is 9.17. The van der Waals surface area contributed by atoms with Gasteiger partial charge in [-0.05, 0) is 43.7 Å². The molecule has 0 aliphatic rings. The molecule has 0 bridgehead atoms. The van der Waals surface area contributed by atoms with E-state index >= 15 is 0 Å². The molecule has 32 heavy (non-hydrogen) atoms. The van der Waals surface area contributed by atoms with E-state index in [9.17, 15) is 9.59 Å². The molecule has 3 rings (SSSR count). The van der Waals surface area contributed by atoms with E-state index < -0.39 is 5.97 Å². The number of nitrogens with one attached hydrogen (secondary N) is 1. The van der Waals surface area contributed by atoms with E-state index in [0.29, 0.717) is 16.9 Å². The Kier molecular flexibility index (Phi) is 9.08. The predicted molar refractivity (Wildman–Crippen MR) is 130 cm³/mol. The van der Waals surface area contributed by atoms with Crippen molar-refractivity contribution in [3.63, 3.8) is 0 Å². The molecule has 0 aliphatic heterocycles. The predicted octanol–water partition coefficient (Wildman–Crippen LogP) is 5.33. The molecule has 8 heteroatoms. The first-order valence-electron chi connectivity index (χ1n) is 10.5. The monoisotopic (exact) mass is 467 g/mol. The third-order valence-electron chi connectivity index (χ3n) is 4.33. The van der Waals surface area contributed by atoms with E-state index in [4.69, 9.17) is 4.74 Å². The molecular formula is C24H25N3O3S2. The van der Waals surface area contributed by atoms with E-state index in [0.717, 1.165) is 39.6 Å². The topological polar surface area (TPSA) is 81.2 Å². The van der Waals surface area contributed by atoms with Crippen LogP contribution in [0, 0.1) is 11.8 Å². The fourth-order valence-corrected chi connectivity index (χ4v) is 4.90. The number of ether oxygens (including phenoxy) is 1. The molecular weight excluding hydrogens is 442 g/mol. The van der Waals surface area contributed by atoms with Crippen LogP contribution >= 0.6 is 23.1 Å². The molecule has 1 N–H and O–H groups in total. The Morgan fingerprint density at radius 1 is 1.19 bits per heavy atom. The van der Waals surface area contributed by atoms with Crippen LogP contribution in [-0.2, 0) is 16.0 Å². The van der Waals surface area contributed by atoms with E-state index in [1.807, 2.05) is 18.2 Å². The number of esters is 1. The van der Waals surface area contributed by atoms with Gasteiger partial charge in [0.05, 0.1) is 34.5 Å². The minimum atomic E-state index is -0.410. The molecule has 3 aromatic rings. The molecule has 1 amide bonds. The number of benzene rings is 1. The van der Waals surface area contributed by atoms with Crippen LogP contribution in [-0.4, -0.2) is 34.2 Å². The molecule has 0 fully saturated rings. The molecule has 0 saturated heterocycles. The largest absolute Gasteiger partial charge is 0.466 e. The highest BCUT2D eigenvalue weighted by molar-refractivity contribution is 8.01. The van der Waals surface area contributed by atoms with Crippen LogP contribution in [0.4, 0.5) is 5.69 Å².